The molecule has 0 saturated carbocycles. The summed E-state index contributed by atoms with van der Waals surface area (Å²) in [5, 5.41) is 0. The van der Waals surface area contributed by atoms with Gasteiger partial charge in [-0.05, 0) is 24.6 Å². The highest BCUT2D eigenvalue weighted by molar-refractivity contribution is 7.81. The van der Waals surface area contributed by atoms with Crippen LogP contribution in [0.3, 0.4) is 0 Å². The van der Waals surface area contributed by atoms with Crippen molar-refractivity contribution >= 4 is 34.8 Å². The molecule has 0 spiro atoms. The maximum Gasteiger partial charge on any atom is 0.330 e. The first kappa shape index (κ1) is 19.0. The lowest BCUT2D eigenvalue weighted by Crippen LogP contribution is -2.47. The zero-order valence-electron chi connectivity index (χ0n) is 15.5. The van der Waals surface area contributed by atoms with Gasteiger partial charge in [-0.2, -0.15) is 0 Å². The van der Waals surface area contributed by atoms with E-state index in [-0.39, 0.29) is 17.5 Å². The number of anilines is 1. The fourth-order valence-electron chi connectivity index (χ4n) is 3.53. The summed E-state index contributed by atoms with van der Waals surface area (Å²) in [6, 6.07) is 17.2. The number of benzene rings is 2. The smallest absolute Gasteiger partial charge is 0.330 e. The fraction of sp³-hybridized carbons (Fsp3) is 0.286. The Morgan fingerprint density at radius 1 is 1.00 bits per heavy atom. The van der Waals surface area contributed by atoms with E-state index < -0.39 is 17.4 Å². The van der Waals surface area contributed by atoms with Gasteiger partial charge in [0.2, 0.25) is 5.41 Å². The van der Waals surface area contributed by atoms with Crippen LogP contribution in [0.2, 0.25) is 0 Å². The van der Waals surface area contributed by atoms with E-state index in [1.807, 2.05) is 66.4 Å². The highest BCUT2D eigenvalue weighted by Crippen LogP contribution is 2.48. The van der Waals surface area contributed by atoms with Gasteiger partial charge in [0.05, 0.1) is 20.3 Å². The number of rotatable bonds is 4. The van der Waals surface area contributed by atoms with Crippen LogP contribution in [-0.4, -0.2) is 31.1 Å². The van der Waals surface area contributed by atoms with E-state index in [0.29, 0.717) is 0 Å². The maximum absolute atomic E-state index is 12.7. The lowest BCUT2D eigenvalue weighted by molar-refractivity contribution is -0.163. The molecule has 140 valence electrons. The van der Waals surface area contributed by atoms with Crippen LogP contribution >= 0.6 is 12.2 Å². The predicted octanol–water partition coefficient (Wildman–Crippen LogP) is 3.61. The van der Waals surface area contributed by atoms with E-state index in [1.54, 1.807) is 0 Å². The summed E-state index contributed by atoms with van der Waals surface area (Å²) in [5.74, 6) is -1.40. The first-order valence-electron chi connectivity index (χ1n) is 8.58. The summed E-state index contributed by atoms with van der Waals surface area (Å²) < 4.78 is 9.93. The van der Waals surface area contributed by atoms with Gasteiger partial charge in [-0.15, -0.1) is 0 Å². The summed E-state index contributed by atoms with van der Waals surface area (Å²) in [5.41, 5.74) is 1.22. The number of nitrogens with zero attached hydrogens (tertiary/aromatic N) is 1. The van der Waals surface area contributed by atoms with Gasteiger partial charge >= 0.3 is 11.9 Å². The van der Waals surface area contributed by atoms with Crippen LogP contribution in [-0.2, 0) is 19.1 Å². The summed E-state index contributed by atoms with van der Waals surface area (Å²) in [7, 11) is 2.50. The molecule has 1 aliphatic heterocycles. The molecule has 1 unspecified atom stereocenters. The molecule has 0 N–H and O–H groups in total. The quantitative estimate of drug-likeness (QED) is 0.457. The van der Waals surface area contributed by atoms with Crippen molar-refractivity contribution in [2.24, 2.45) is 5.41 Å². The van der Waals surface area contributed by atoms with Gasteiger partial charge in [0.1, 0.15) is 4.99 Å². The highest BCUT2D eigenvalue weighted by Gasteiger charge is 2.61. The van der Waals surface area contributed by atoms with Gasteiger partial charge in [-0.1, -0.05) is 60.2 Å². The Balaban J connectivity index is 2.18. The third-order valence-corrected chi connectivity index (χ3v) is 5.50. The van der Waals surface area contributed by atoms with Crippen LogP contribution in [0.4, 0.5) is 5.69 Å². The second-order valence-electron chi connectivity index (χ2n) is 6.53. The molecule has 6 heteroatoms. The molecule has 27 heavy (non-hydrogen) atoms. The fourth-order valence-corrected chi connectivity index (χ4v) is 4.02. The second-order valence-corrected chi connectivity index (χ2v) is 6.92. The third-order valence-electron chi connectivity index (χ3n) is 4.96. The molecule has 1 atom stereocenters. The van der Waals surface area contributed by atoms with Crippen molar-refractivity contribution in [2.45, 2.75) is 19.4 Å². The number of hydrogen-bond donors (Lipinski definition) is 0. The van der Waals surface area contributed by atoms with Crippen molar-refractivity contribution in [3.05, 3.63) is 65.7 Å². The molecule has 0 aromatic heterocycles. The highest BCUT2D eigenvalue weighted by atomic mass is 32.1. The molecule has 0 radical (unpaired) electrons. The van der Waals surface area contributed by atoms with E-state index in [1.165, 1.54) is 14.2 Å². The number of hydrogen-bond acceptors (Lipinski definition) is 5. The first-order chi connectivity index (χ1) is 13.0. The minimum Gasteiger partial charge on any atom is -0.468 e. The first-order valence-corrected chi connectivity index (χ1v) is 8.98. The van der Waals surface area contributed by atoms with Gasteiger partial charge in [-0.3, -0.25) is 9.59 Å². The number of carbonyl (C=O) groups is 2. The summed E-state index contributed by atoms with van der Waals surface area (Å²) in [4.78, 5) is 27.5. The molecule has 1 fully saturated rings. The van der Waals surface area contributed by atoms with Gasteiger partial charge in [0, 0.05) is 12.1 Å². The molecule has 2 aromatic carbocycles. The number of aryl methyl sites for hydroxylation is 1. The van der Waals surface area contributed by atoms with Gasteiger partial charge in [0.25, 0.3) is 0 Å². The Hall–Kier alpha value is -2.73. The normalized spacial score (nSPS) is 18.3. The SMILES string of the molecule is COC(=O)C1(C(=O)OC)CC(c2ccccc2)N(c2ccc(C)cc2)C1=S. The molecule has 0 aliphatic carbocycles. The zero-order chi connectivity index (χ0) is 19.6. The molecule has 2 aromatic rings. The van der Waals surface area contributed by atoms with Crippen LogP contribution in [0.25, 0.3) is 0 Å². The minimum absolute atomic E-state index is 0.156. The van der Waals surface area contributed by atoms with Gasteiger partial charge in [0.15, 0.2) is 0 Å². The number of ether oxygens (including phenoxy) is 2. The lowest BCUT2D eigenvalue weighted by Gasteiger charge is -2.28. The summed E-state index contributed by atoms with van der Waals surface area (Å²) in [6.07, 6.45) is 0.156. The van der Waals surface area contributed by atoms with Crippen molar-refractivity contribution in [3.8, 4) is 0 Å². The molecule has 1 heterocycles. The molecular weight excluding hydrogens is 362 g/mol. The maximum atomic E-state index is 12.7. The monoisotopic (exact) mass is 383 g/mol. The molecule has 5 nitrogen and oxygen atoms in total. The van der Waals surface area contributed by atoms with Crippen molar-refractivity contribution < 1.29 is 19.1 Å². The van der Waals surface area contributed by atoms with E-state index in [4.69, 9.17) is 21.7 Å². The Morgan fingerprint density at radius 2 is 1.56 bits per heavy atom. The van der Waals surface area contributed by atoms with Crippen LogP contribution < -0.4 is 4.90 Å². The molecule has 0 amide bonds. The van der Waals surface area contributed by atoms with Gasteiger partial charge < -0.3 is 14.4 Å². The molecular formula is C21H21NO4S. The Bertz CT molecular complexity index is 848. The average molecular weight is 383 g/mol. The van der Waals surface area contributed by atoms with Crippen molar-refractivity contribution in [2.75, 3.05) is 19.1 Å². The Morgan fingerprint density at radius 3 is 2.07 bits per heavy atom. The topological polar surface area (TPSA) is 55.8 Å². The minimum atomic E-state index is -1.65. The van der Waals surface area contributed by atoms with Crippen LogP contribution in [0.15, 0.2) is 54.6 Å². The molecule has 3 rings (SSSR count). The predicted molar refractivity (Wildman–Crippen MR) is 107 cm³/mol. The number of esters is 2. The second kappa shape index (κ2) is 7.48. The number of thiocarbonyl (C=S) groups is 1. The molecule has 0 bridgehead atoms. The largest absolute Gasteiger partial charge is 0.468 e. The van der Waals surface area contributed by atoms with Crippen LogP contribution in [0.1, 0.15) is 23.6 Å². The Kier molecular flexibility index (Phi) is 5.28. The van der Waals surface area contributed by atoms with Gasteiger partial charge in [-0.25, -0.2) is 0 Å². The number of methoxy groups -OCH3 is 2. The average Bonchev–Trinajstić information content (AvgIpc) is 3.02. The summed E-state index contributed by atoms with van der Waals surface area (Å²) in [6.45, 7) is 1.99. The standard InChI is InChI=1S/C21H21NO4S/c1-14-9-11-16(12-10-14)22-17(15-7-5-4-6-8-15)13-21(18(22)27,19(23)25-2)20(24)26-3/h4-12,17H,13H2,1-3H3. The van der Waals surface area contributed by atoms with Crippen molar-refractivity contribution in [1.82, 2.24) is 0 Å². The van der Waals surface area contributed by atoms with E-state index in [2.05, 4.69) is 0 Å². The van der Waals surface area contributed by atoms with Crippen LogP contribution in [0, 0.1) is 12.3 Å². The zero-order valence-corrected chi connectivity index (χ0v) is 16.3. The Labute approximate surface area is 163 Å². The lowest BCUT2D eigenvalue weighted by atomic mass is 9.84. The number of carbonyl (C=O) groups excluding carboxylic acids is 2. The van der Waals surface area contributed by atoms with Crippen molar-refractivity contribution in [1.29, 1.82) is 0 Å². The van der Waals surface area contributed by atoms with Crippen molar-refractivity contribution in [3.63, 3.8) is 0 Å². The van der Waals surface area contributed by atoms with E-state index in [0.717, 1.165) is 16.8 Å². The van der Waals surface area contributed by atoms with E-state index >= 15 is 0 Å². The molecule has 1 saturated heterocycles. The third kappa shape index (κ3) is 3.10. The van der Waals surface area contributed by atoms with Crippen LogP contribution in [0.5, 0.6) is 0 Å². The molecule has 1 aliphatic rings. The summed E-state index contributed by atoms with van der Waals surface area (Å²) >= 11 is 5.68. The van der Waals surface area contributed by atoms with E-state index in [9.17, 15) is 9.59 Å².